The molecule has 13 heteroatoms. The molecule has 216 valence electrons. The molecule has 1 saturated carbocycles. The highest BCUT2D eigenvalue weighted by atomic mass is 35.5. The zero-order chi connectivity index (χ0) is 29.6. The summed E-state index contributed by atoms with van der Waals surface area (Å²) in [4.78, 5) is 33.4. The van der Waals surface area contributed by atoms with Crippen LogP contribution < -0.4 is 10.9 Å². The number of alkyl halides is 3. The number of H-pyrrole nitrogens is 1. The minimum Gasteiger partial charge on any atom is -0.340 e. The number of rotatable bonds is 4. The van der Waals surface area contributed by atoms with Crippen LogP contribution in [0.1, 0.15) is 47.4 Å². The number of imidazole rings is 1. The van der Waals surface area contributed by atoms with Crippen LogP contribution in [0.25, 0.3) is 28.2 Å². The molecule has 9 nitrogen and oxygen atoms in total. The van der Waals surface area contributed by atoms with Gasteiger partial charge in [0.2, 0.25) is 5.91 Å². The summed E-state index contributed by atoms with van der Waals surface area (Å²) in [7, 11) is 0. The summed E-state index contributed by atoms with van der Waals surface area (Å²) in [5.41, 5.74) is 4.42. The fraction of sp³-hybridized carbons (Fsp3) is 0.233. The van der Waals surface area contributed by atoms with Crippen LogP contribution in [0.15, 0.2) is 65.7 Å². The fourth-order valence-corrected chi connectivity index (χ4v) is 6.59. The summed E-state index contributed by atoms with van der Waals surface area (Å²) in [5.74, 6) is 1.08. The summed E-state index contributed by atoms with van der Waals surface area (Å²) < 4.78 is 42.5. The molecule has 1 fully saturated rings. The first-order chi connectivity index (χ1) is 20.6. The predicted molar refractivity (Wildman–Crippen MR) is 151 cm³/mol. The number of pyridine rings is 1. The first-order valence-electron chi connectivity index (χ1n) is 13.7. The van der Waals surface area contributed by atoms with E-state index in [4.69, 9.17) is 11.6 Å². The largest absolute Gasteiger partial charge is 0.436 e. The highest BCUT2D eigenvalue weighted by molar-refractivity contribution is 6.31. The Kier molecular flexibility index (Phi) is 5.52. The van der Waals surface area contributed by atoms with Crippen LogP contribution in [0.2, 0.25) is 5.02 Å². The van der Waals surface area contributed by atoms with Gasteiger partial charge in [0.05, 0.1) is 29.8 Å². The number of anilines is 1. The summed E-state index contributed by atoms with van der Waals surface area (Å²) in [6.07, 6.45) is -0.0534. The Morgan fingerprint density at radius 2 is 1.86 bits per heavy atom. The second kappa shape index (κ2) is 9.14. The fourth-order valence-electron chi connectivity index (χ4n) is 6.42. The van der Waals surface area contributed by atoms with Crippen LogP contribution in [0.4, 0.5) is 18.9 Å². The van der Waals surface area contributed by atoms with Crippen molar-refractivity contribution in [3.8, 4) is 28.2 Å². The number of nitrogens with one attached hydrogen (secondary N) is 2. The molecule has 3 aliphatic rings. The molecule has 3 atom stereocenters. The molecule has 8 rings (SSSR count). The predicted octanol–water partition coefficient (Wildman–Crippen LogP) is 5.75. The molecular formula is C30H21ClF3N7O2. The summed E-state index contributed by atoms with van der Waals surface area (Å²) in [6, 6.07) is 13.7. The highest BCUT2D eigenvalue weighted by Crippen LogP contribution is 2.60. The van der Waals surface area contributed by atoms with E-state index in [1.807, 2.05) is 24.3 Å². The molecule has 0 spiro atoms. The first-order valence-corrected chi connectivity index (χ1v) is 14.1. The molecule has 1 aliphatic carbocycles. The van der Waals surface area contributed by atoms with Crippen LogP contribution in [-0.4, -0.2) is 35.4 Å². The van der Waals surface area contributed by atoms with Gasteiger partial charge in [-0.25, -0.2) is 9.67 Å². The van der Waals surface area contributed by atoms with Crippen molar-refractivity contribution >= 4 is 23.2 Å². The summed E-state index contributed by atoms with van der Waals surface area (Å²) >= 11 is 6.29. The third-order valence-corrected chi connectivity index (χ3v) is 8.73. The van der Waals surface area contributed by atoms with Crippen LogP contribution >= 0.6 is 11.6 Å². The highest BCUT2D eigenvalue weighted by Gasteiger charge is 2.54. The van der Waals surface area contributed by atoms with E-state index in [1.54, 1.807) is 29.0 Å². The smallest absolute Gasteiger partial charge is 0.340 e. The van der Waals surface area contributed by atoms with E-state index in [0.717, 1.165) is 45.5 Å². The lowest BCUT2D eigenvalue weighted by molar-refractivity contribution is -0.141. The Bertz CT molecular complexity index is 2030. The molecule has 0 saturated heterocycles. The van der Waals surface area contributed by atoms with Gasteiger partial charge >= 0.3 is 6.18 Å². The van der Waals surface area contributed by atoms with Crippen LogP contribution in [0.3, 0.4) is 0 Å². The molecule has 2 aliphatic heterocycles. The second-order valence-corrected chi connectivity index (χ2v) is 11.6. The van der Waals surface area contributed by atoms with Crippen molar-refractivity contribution in [2.45, 2.75) is 37.4 Å². The van der Waals surface area contributed by atoms with Gasteiger partial charge in [0.1, 0.15) is 5.82 Å². The molecule has 2 aromatic carbocycles. The quantitative estimate of drug-likeness (QED) is 0.272. The zero-order valence-corrected chi connectivity index (χ0v) is 22.9. The van der Waals surface area contributed by atoms with Crippen LogP contribution in [0.5, 0.6) is 0 Å². The number of aryl methyl sites for hydroxylation is 1. The van der Waals surface area contributed by atoms with E-state index in [1.165, 1.54) is 6.07 Å². The van der Waals surface area contributed by atoms with Crippen molar-refractivity contribution in [3.63, 3.8) is 0 Å². The molecule has 2 N–H and O–H groups in total. The number of fused-ring (bicyclic) bond motifs is 4. The maximum absolute atomic E-state index is 13.7. The Balaban J connectivity index is 1.15. The number of aromatic nitrogens is 6. The minimum atomic E-state index is -4.64. The first kappa shape index (κ1) is 26.0. The Morgan fingerprint density at radius 3 is 2.67 bits per heavy atom. The van der Waals surface area contributed by atoms with E-state index in [0.29, 0.717) is 40.5 Å². The van der Waals surface area contributed by atoms with Crippen molar-refractivity contribution in [3.05, 3.63) is 98.9 Å². The maximum Gasteiger partial charge on any atom is 0.436 e. The summed E-state index contributed by atoms with van der Waals surface area (Å²) in [5, 5.41) is 10.2. The van der Waals surface area contributed by atoms with Crippen molar-refractivity contribution in [2.24, 2.45) is 5.92 Å². The number of benzene rings is 2. The van der Waals surface area contributed by atoms with Gasteiger partial charge in [0.25, 0.3) is 5.56 Å². The maximum atomic E-state index is 13.7. The number of carbonyl (C=O) groups is 1. The number of aromatic amines is 1. The molecular weight excluding hydrogens is 583 g/mol. The van der Waals surface area contributed by atoms with Crippen LogP contribution in [0, 0.1) is 5.92 Å². The number of carbonyl (C=O) groups excluding carboxylic acids is 1. The Labute approximate surface area is 246 Å². The van der Waals surface area contributed by atoms with E-state index < -0.39 is 11.9 Å². The van der Waals surface area contributed by atoms with Gasteiger partial charge in [0.15, 0.2) is 5.69 Å². The molecule has 3 unspecified atom stereocenters. The van der Waals surface area contributed by atoms with E-state index in [2.05, 4.69) is 25.6 Å². The third kappa shape index (κ3) is 4.27. The molecule has 43 heavy (non-hydrogen) atoms. The topological polar surface area (TPSA) is 110 Å². The lowest BCUT2D eigenvalue weighted by Gasteiger charge is -2.18. The van der Waals surface area contributed by atoms with Gasteiger partial charge in [-0.05, 0) is 72.4 Å². The molecule has 0 radical (unpaired) electrons. The molecule has 5 heterocycles. The van der Waals surface area contributed by atoms with Crippen molar-refractivity contribution in [1.29, 1.82) is 0 Å². The van der Waals surface area contributed by atoms with Gasteiger partial charge < -0.3 is 14.9 Å². The monoisotopic (exact) mass is 603 g/mol. The normalized spacial score (nSPS) is 20.4. The average Bonchev–Trinajstić information content (AvgIpc) is 3.30. The van der Waals surface area contributed by atoms with Gasteiger partial charge in [-0.3, -0.25) is 9.59 Å². The SMILES string of the molecule is O=C1CCc2cc(-c3ncc(C4C5CC5c5cc(-c6cc(Cl)ccc6-n6cc(C(F)(F)F)nn6)cc(=O)n54)[nH]3)ccc2N1. The standard InChI is InChI=1S/C30H21ClF3N7O2/c31-17-3-5-23(40-13-25(38-39-40)30(32,33)34)18(10-17)16-8-24-19-11-20(19)28(41(24)27(43)9-16)22-12-35-29(37-22)15-1-4-21-14(7-15)2-6-26(42)36-21/h1,3-5,7-10,12-13,19-20,28H,2,6,11H2,(H,35,37)(H,36,42). The van der Waals surface area contributed by atoms with Gasteiger partial charge in [-0.1, -0.05) is 16.8 Å². The van der Waals surface area contributed by atoms with Gasteiger partial charge in [-0.15, -0.1) is 5.10 Å². The lowest BCUT2D eigenvalue weighted by atomic mass is 10.0. The van der Waals surface area contributed by atoms with Crippen molar-refractivity contribution < 1.29 is 18.0 Å². The number of halogens is 4. The molecule has 3 aromatic heterocycles. The van der Waals surface area contributed by atoms with Gasteiger partial charge in [0, 0.05) is 45.9 Å². The Hall–Kier alpha value is -4.71. The molecule has 5 aromatic rings. The van der Waals surface area contributed by atoms with Crippen LogP contribution in [-0.2, 0) is 17.4 Å². The average molecular weight is 604 g/mol. The van der Waals surface area contributed by atoms with Crippen molar-refractivity contribution in [1.82, 2.24) is 29.5 Å². The van der Waals surface area contributed by atoms with Crippen molar-refractivity contribution in [2.75, 3.05) is 5.32 Å². The second-order valence-electron chi connectivity index (χ2n) is 11.1. The number of nitrogens with zero attached hydrogens (tertiary/aromatic N) is 5. The van der Waals surface area contributed by atoms with E-state index in [-0.39, 0.29) is 29.3 Å². The summed E-state index contributed by atoms with van der Waals surface area (Å²) in [6.45, 7) is 0. The number of hydrogen-bond acceptors (Lipinski definition) is 5. The molecule has 1 amide bonds. The minimum absolute atomic E-state index is 0.00796. The number of hydrogen-bond donors (Lipinski definition) is 2. The third-order valence-electron chi connectivity index (χ3n) is 8.49. The zero-order valence-electron chi connectivity index (χ0n) is 22.2. The lowest BCUT2D eigenvalue weighted by Crippen LogP contribution is -2.26. The van der Waals surface area contributed by atoms with E-state index >= 15 is 0 Å². The Morgan fingerprint density at radius 1 is 1.00 bits per heavy atom. The number of amides is 1. The van der Waals surface area contributed by atoms with E-state index in [9.17, 15) is 22.8 Å². The molecule has 0 bridgehead atoms. The van der Waals surface area contributed by atoms with Gasteiger partial charge in [-0.2, -0.15) is 13.2 Å².